The maximum atomic E-state index is 11.8. The summed E-state index contributed by atoms with van der Waals surface area (Å²) in [5.41, 5.74) is 7.12. The molecule has 0 saturated carbocycles. The van der Waals surface area contributed by atoms with E-state index in [1.54, 1.807) is 12.4 Å². The first-order chi connectivity index (χ1) is 13.6. The van der Waals surface area contributed by atoms with E-state index in [4.69, 9.17) is 0 Å². The van der Waals surface area contributed by atoms with Crippen molar-refractivity contribution in [3.63, 3.8) is 0 Å². The van der Waals surface area contributed by atoms with Gasteiger partial charge in [-0.25, -0.2) is 10.9 Å². The maximum Gasteiger partial charge on any atom is 0.240 e. The highest BCUT2D eigenvalue weighted by molar-refractivity contribution is 5.84. The van der Waals surface area contributed by atoms with Crippen LogP contribution in [0.5, 0.6) is 0 Å². The van der Waals surface area contributed by atoms with E-state index < -0.39 is 0 Å². The van der Waals surface area contributed by atoms with Gasteiger partial charge in [-0.3, -0.25) is 9.59 Å². The van der Waals surface area contributed by atoms with Crippen LogP contribution in [0.25, 0.3) is 0 Å². The van der Waals surface area contributed by atoms with Crippen molar-refractivity contribution in [1.29, 1.82) is 0 Å². The van der Waals surface area contributed by atoms with Crippen LogP contribution in [0.2, 0.25) is 0 Å². The van der Waals surface area contributed by atoms with E-state index in [9.17, 15) is 9.59 Å². The van der Waals surface area contributed by atoms with Gasteiger partial charge < -0.3 is 0 Å². The molecule has 2 amide bonds. The molecule has 0 heterocycles. The second-order valence-electron chi connectivity index (χ2n) is 6.53. The number of rotatable bonds is 9. The second-order valence-corrected chi connectivity index (χ2v) is 6.53. The van der Waals surface area contributed by atoms with Gasteiger partial charge in [-0.1, -0.05) is 74.5 Å². The summed E-state index contributed by atoms with van der Waals surface area (Å²) in [6.07, 6.45) is 3.43. The Morgan fingerprint density at radius 2 is 1.11 bits per heavy atom. The van der Waals surface area contributed by atoms with Gasteiger partial charge in [-0.15, -0.1) is 0 Å². The van der Waals surface area contributed by atoms with Crippen molar-refractivity contribution < 1.29 is 9.59 Å². The summed E-state index contributed by atoms with van der Waals surface area (Å²) in [6, 6.07) is 19.7. The number of nitrogens with zero attached hydrogens (tertiary/aromatic N) is 2. The van der Waals surface area contributed by atoms with Crippen molar-refractivity contribution in [2.75, 3.05) is 0 Å². The second kappa shape index (κ2) is 11.4. The summed E-state index contributed by atoms with van der Waals surface area (Å²) in [6.45, 7) is 3.99. The summed E-state index contributed by atoms with van der Waals surface area (Å²) in [4.78, 5) is 23.6. The Morgan fingerprint density at radius 1 is 0.750 bits per heavy atom. The van der Waals surface area contributed by atoms with Crippen LogP contribution in [-0.4, -0.2) is 24.2 Å². The van der Waals surface area contributed by atoms with Gasteiger partial charge in [0.2, 0.25) is 11.8 Å². The molecule has 6 nitrogen and oxygen atoms in total. The highest BCUT2D eigenvalue weighted by Crippen LogP contribution is 2.12. The van der Waals surface area contributed by atoms with Crippen LogP contribution in [0.15, 0.2) is 70.9 Å². The van der Waals surface area contributed by atoms with Gasteiger partial charge >= 0.3 is 0 Å². The lowest BCUT2D eigenvalue weighted by Gasteiger charge is -2.06. The summed E-state index contributed by atoms with van der Waals surface area (Å²) >= 11 is 0. The number of hydrogen-bond acceptors (Lipinski definition) is 4. The normalized spacial score (nSPS) is 13.4. The molecule has 0 aromatic heterocycles. The van der Waals surface area contributed by atoms with E-state index in [0.29, 0.717) is 0 Å². The molecule has 2 aromatic rings. The lowest BCUT2D eigenvalue weighted by atomic mass is 10.0. The average Bonchev–Trinajstić information content (AvgIpc) is 2.73. The average molecular weight is 378 g/mol. The molecule has 0 radical (unpaired) electrons. The number of carbonyl (C=O) groups excluding carboxylic acids is 2. The van der Waals surface area contributed by atoms with Gasteiger partial charge in [0.25, 0.3) is 0 Å². The quantitative estimate of drug-likeness (QED) is 0.516. The molecule has 0 aliphatic heterocycles. The minimum absolute atomic E-state index is 0.0483. The van der Waals surface area contributed by atoms with Crippen LogP contribution >= 0.6 is 0 Å². The zero-order chi connectivity index (χ0) is 20.2. The third kappa shape index (κ3) is 7.53. The van der Waals surface area contributed by atoms with Gasteiger partial charge in [-0.05, 0) is 11.1 Å². The van der Waals surface area contributed by atoms with Crippen molar-refractivity contribution in [3.05, 3.63) is 71.8 Å². The molecule has 146 valence electrons. The number of carbonyl (C=O) groups is 2. The third-order valence-electron chi connectivity index (χ3n) is 4.20. The smallest absolute Gasteiger partial charge is 0.240 e. The van der Waals surface area contributed by atoms with Crippen LogP contribution in [0.4, 0.5) is 0 Å². The molecule has 0 aliphatic rings. The lowest BCUT2D eigenvalue weighted by molar-refractivity contribution is -0.126. The topological polar surface area (TPSA) is 82.9 Å². The Hall–Kier alpha value is -3.28. The SMILES string of the molecule is CC(/C=N/NC(=O)CCC(=O)N/N=C/C(C)c1ccccc1)c1ccccc1. The highest BCUT2D eigenvalue weighted by Gasteiger charge is 2.07. The Morgan fingerprint density at radius 3 is 1.46 bits per heavy atom. The first-order valence-electron chi connectivity index (χ1n) is 9.30. The summed E-state index contributed by atoms with van der Waals surface area (Å²) in [5.74, 6) is -0.446. The van der Waals surface area contributed by atoms with Crippen LogP contribution in [0, 0.1) is 0 Å². The molecule has 0 saturated heterocycles. The maximum absolute atomic E-state index is 11.8. The number of nitrogens with one attached hydrogen (secondary N) is 2. The van der Waals surface area contributed by atoms with Crippen molar-refractivity contribution in [1.82, 2.24) is 10.9 Å². The molecule has 2 rings (SSSR count). The van der Waals surface area contributed by atoms with Crippen molar-refractivity contribution in [2.24, 2.45) is 10.2 Å². The minimum Gasteiger partial charge on any atom is -0.273 e. The van der Waals surface area contributed by atoms with Crippen LogP contribution < -0.4 is 10.9 Å². The zero-order valence-corrected chi connectivity index (χ0v) is 16.2. The predicted octanol–water partition coefficient (Wildman–Crippen LogP) is 3.58. The number of hydrazone groups is 2. The van der Waals surface area contributed by atoms with E-state index in [-0.39, 0.29) is 36.5 Å². The van der Waals surface area contributed by atoms with E-state index >= 15 is 0 Å². The molecule has 2 aromatic carbocycles. The molecule has 0 bridgehead atoms. The Bertz CT molecular complexity index is 734. The summed E-state index contributed by atoms with van der Waals surface area (Å²) in [7, 11) is 0. The Kier molecular flexibility index (Phi) is 8.59. The van der Waals surface area contributed by atoms with Crippen molar-refractivity contribution >= 4 is 24.2 Å². The molecular formula is C22H26N4O2. The number of benzene rings is 2. The van der Waals surface area contributed by atoms with Crippen LogP contribution in [0.3, 0.4) is 0 Å². The van der Waals surface area contributed by atoms with Crippen LogP contribution in [-0.2, 0) is 9.59 Å². The zero-order valence-electron chi connectivity index (χ0n) is 16.2. The van der Waals surface area contributed by atoms with E-state index in [1.165, 1.54) is 0 Å². The molecule has 0 aliphatic carbocycles. The fourth-order valence-corrected chi connectivity index (χ4v) is 2.47. The number of amides is 2. The summed E-state index contributed by atoms with van der Waals surface area (Å²) in [5, 5.41) is 7.92. The largest absolute Gasteiger partial charge is 0.273 e. The minimum atomic E-state index is -0.312. The molecule has 0 spiro atoms. The molecule has 2 atom stereocenters. The third-order valence-corrected chi connectivity index (χ3v) is 4.20. The number of hydrogen-bond donors (Lipinski definition) is 2. The molecule has 2 unspecified atom stereocenters. The van der Waals surface area contributed by atoms with Crippen LogP contribution in [0.1, 0.15) is 49.7 Å². The molecular weight excluding hydrogens is 352 g/mol. The molecule has 6 heteroatoms. The first kappa shape index (κ1) is 21.0. The van der Waals surface area contributed by atoms with Gasteiger partial charge in [0.1, 0.15) is 0 Å². The Labute approximate surface area is 165 Å². The lowest BCUT2D eigenvalue weighted by Crippen LogP contribution is -2.23. The highest BCUT2D eigenvalue weighted by atomic mass is 16.2. The van der Waals surface area contributed by atoms with E-state index in [2.05, 4.69) is 21.1 Å². The van der Waals surface area contributed by atoms with E-state index in [1.807, 2.05) is 74.5 Å². The predicted molar refractivity (Wildman–Crippen MR) is 112 cm³/mol. The molecule has 2 N–H and O–H groups in total. The van der Waals surface area contributed by atoms with Gasteiger partial charge in [0.15, 0.2) is 0 Å². The fourth-order valence-electron chi connectivity index (χ4n) is 2.47. The monoisotopic (exact) mass is 378 g/mol. The van der Waals surface area contributed by atoms with Gasteiger partial charge in [0.05, 0.1) is 0 Å². The summed E-state index contributed by atoms with van der Waals surface area (Å²) < 4.78 is 0. The van der Waals surface area contributed by atoms with Crippen molar-refractivity contribution in [3.8, 4) is 0 Å². The van der Waals surface area contributed by atoms with Gasteiger partial charge in [0, 0.05) is 37.1 Å². The molecule has 0 fully saturated rings. The van der Waals surface area contributed by atoms with Crippen molar-refractivity contribution in [2.45, 2.75) is 38.5 Å². The van der Waals surface area contributed by atoms with Gasteiger partial charge in [-0.2, -0.15) is 10.2 Å². The first-order valence-corrected chi connectivity index (χ1v) is 9.30. The van der Waals surface area contributed by atoms with E-state index in [0.717, 1.165) is 11.1 Å². The standard InChI is InChI=1S/C22H26N4O2/c1-17(19-9-5-3-6-10-19)15-23-25-21(27)13-14-22(28)26-24-16-18(2)20-11-7-4-8-12-20/h3-12,15-18H,13-14H2,1-2H3,(H,25,27)(H,26,28)/b23-15+,24-16+. The fraction of sp³-hybridized carbons (Fsp3) is 0.273. The molecule has 28 heavy (non-hydrogen) atoms. The Balaban J connectivity index is 1.66.